The minimum Gasteiger partial charge on any atom is -0.295 e. The summed E-state index contributed by atoms with van der Waals surface area (Å²) in [5.41, 5.74) is 2.47. The molecule has 4 heteroatoms. The molecular formula is C17H20N4. The van der Waals surface area contributed by atoms with Crippen LogP contribution in [0.4, 0.5) is 0 Å². The van der Waals surface area contributed by atoms with Crippen molar-refractivity contribution in [2.75, 3.05) is 26.2 Å². The lowest BCUT2D eigenvalue weighted by Gasteiger charge is -2.33. The Labute approximate surface area is 125 Å². The Bertz CT molecular complexity index is 560. The quantitative estimate of drug-likeness (QED) is 0.805. The molecule has 4 nitrogen and oxygen atoms in total. The summed E-state index contributed by atoms with van der Waals surface area (Å²) in [5.74, 6) is 0. The molecule has 0 bridgehead atoms. The van der Waals surface area contributed by atoms with Gasteiger partial charge in [0.2, 0.25) is 0 Å². The fourth-order valence-electron chi connectivity index (χ4n) is 2.45. The van der Waals surface area contributed by atoms with Crippen LogP contribution in [0.15, 0.2) is 60.0 Å². The Balaban J connectivity index is 1.48. The van der Waals surface area contributed by atoms with Crippen molar-refractivity contribution < 1.29 is 0 Å². The van der Waals surface area contributed by atoms with E-state index in [1.165, 1.54) is 5.56 Å². The normalized spacial score (nSPS) is 16.5. The molecule has 3 rings (SSSR count). The highest BCUT2D eigenvalue weighted by Gasteiger charge is 2.15. The predicted molar refractivity (Wildman–Crippen MR) is 85.1 cm³/mol. The lowest BCUT2D eigenvalue weighted by Crippen LogP contribution is -2.43. The lowest BCUT2D eigenvalue weighted by molar-refractivity contribution is 0.131. The molecule has 1 saturated heterocycles. The first-order chi connectivity index (χ1) is 10.4. The summed E-state index contributed by atoms with van der Waals surface area (Å²) in [4.78, 5) is 6.49. The van der Waals surface area contributed by atoms with E-state index in [-0.39, 0.29) is 0 Å². The molecule has 0 N–H and O–H groups in total. The van der Waals surface area contributed by atoms with Crippen LogP contribution in [0.3, 0.4) is 0 Å². The van der Waals surface area contributed by atoms with Gasteiger partial charge in [0.25, 0.3) is 0 Å². The third-order valence-electron chi connectivity index (χ3n) is 3.67. The third-order valence-corrected chi connectivity index (χ3v) is 3.67. The topological polar surface area (TPSA) is 31.7 Å². The largest absolute Gasteiger partial charge is 0.295 e. The van der Waals surface area contributed by atoms with Crippen LogP contribution in [0.25, 0.3) is 0 Å². The molecule has 0 aliphatic carbocycles. The molecule has 2 aromatic rings. The van der Waals surface area contributed by atoms with Gasteiger partial charge in [0.15, 0.2) is 0 Å². The highest BCUT2D eigenvalue weighted by atomic mass is 15.5. The van der Waals surface area contributed by atoms with Gasteiger partial charge in [-0.2, -0.15) is 5.10 Å². The molecule has 1 aromatic carbocycles. The first kappa shape index (κ1) is 13.8. The summed E-state index contributed by atoms with van der Waals surface area (Å²) >= 11 is 0. The predicted octanol–water partition coefficient (Wildman–Crippen LogP) is 2.23. The van der Waals surface area contributed by atoms with Gasteiger partial charge >= 0.3 is 0 Å². The molecule has 0 saturated carbocycles. The van der Waals surface area contributed by atoms with Gasteiger partial charge in [0.1, 0.15) is 0 Å². The summed E-state index contributed by atoms with van der Waals surface area (Å²) in [6.45, 7) is 5.11. The van der Waals surface area contributed by atoms with Gasteiger partial charge in [0.05, 0.1) is 6.21 Å². The van der Waals surface area contributed by atoms with E-state index in [0.717, 1.165) is 38.3 Å². The molecule has 1 aromatic heterocycles. The molecule has 1 aliphatic heterocycles. The zero-order chi connectivity index (χ0) is 14.3. The molecule has 0 amide bonds. The highest BCUT2D eigenvalue weighted by molar-refractivity contribution is 5.78. The van der Waals surface area contributed by atoms with Crippen molar-refractivity contribution in [1.82, 2.24) is 14.9 Å². The van der Waals surface area contributed by atoms with Crippen LogP contribution in [0.5, 0.6) is 0 Å². The van der Waals surface area contributed by atoms with Gasteiger partial charge in [-0.25, -0.2) is 0 Å². The SMILES string of the molecule is C(=N\N1CCN(Cc2ccccc2)CC1)/c1ccncc1. The van der Waals surface area contributed by atoms with Gasteiger partial charge in [-0.05, 0) is 23.3 Å². The Hall–Kier alpha value is -2.20. The summed E-state index contributed by atoms with van der Waals surface area (Å²) in [6, 6.07) is 14.6. The van der Waals surface area contributed by atoms with Crippen molar-refractivity contribution in [2.45, 2.75) is 6.54 Å². The van der Waals surface area contributed by atoms with Gasteiger partial charge in [0, 0.05) is 45.1 Å². The molecule has 2 heterocycles. The smallest absolute Gasteiger partial charge is 0.0544 e. The molecule has 1 fully saturated rings. The number of hydrazone groups is 1. The van der Waals surface area contributed by atoms with E-state index in [1.54, 1.807) is 12.4 Å². The van der Waals surface area contributed by atoms with Crippen molar-refractivity contribution in [3.05, 3.63) is 66.0 Å². The maximum Gasteiger partial charge on any atom is 0.0544 e. The molecule has 0 radical (unpaired) electrons. The Morgan fingerprint density at radius 2 is 1.67 bits per heavy atom. The van der Waals surface area contributed by atoms with E-state index in [2.05, 4.69) is 50.3 Å². The molecule has 108 valence electrons. The first-order valence-corrected chi connectivity index (χ1v) is 7.35. The fraction of sp³-hybridized carbons (Fsp3) is 0.294. The number of hydrogen-bond acceptors (Lipinski definition) is 4. The zero-order valence-electron chi connectivity index (χ0n) is 12.1. The average Bonchev–Trinajstić information content (AvgIpc) is 2.56. The number of aromatic nitrogens is 1. The van der Waals surface area contributed by atoms with Crippen LogP contribution in [0, 0.1) is 0 Å². The number of benzene rings is 1. The van der Waals surface area contributed by atoms with Crippen LogP contribution in [0.2, 0.25) is 0 Å². The van der Waals surface area contributed by atoms with E-state index in [0.29, 0.717) is 0 Å². The second-order valence-electron chi connectivity index (χ2n) is 5.24. The maximum atomic E-state index is 4.55. The average molecular weight is 280 g/mol. The van der Waals surface area contributed by atoms with Crippen molar-refractivity contribution >= 4 is 6.21 Å². The van der Waals surface area contributed by atoms with Crippen LogP contribution < -0.4 is 0 Å². The number of pyridine rings is 1. The summed E-state index contributed by atoms with van der Waals surface area (Å²) in [6.07, 6.45) is 5.49. The monoisotopic (exact) mass is 280 g/mol. The number of hydrogen-bond donors (Lipinski definition) is 0. The van der Waals surface area contributed by atoms with E-state index >= 15 is 0 Å². The minimum atomic E-state index is 0.981. The standard InChI is InChI=1S/C17H20N4/c1-2-4-17(5-3-1)15-20-10-12-21(13-11-20)19-14-16-6-8-18-9-7-16/h1-9,14H,10-13,15H2/b19-14+. The third kappa shape index (κ3) is 4.13. The zero-order valence-corrected chi connectivity index (χ0v) is 12.1. The fourth-order valence-corrected chi connectivity index (χ4v) is 2.45. The molecule has 1 aliphatic rings. The summed E-state index contributed by atoms with van der Waals surface area (Å²) < 4.78 is 0. The van der Waals surface area contributed by atoms with Gasteiger partial charge < -0.3 is 0 Å². The van der Waals surface area contributed by atoms with Crippen molar-refractivity contribution in [1.29, 1.82) is 0 Å². The number of piperazine rings is 1. The molecular weight excluding hydrogens is 260 g/mol. The minimum absolute atomic E-state index is 0.981. The van der Waals surface area contributed by atoms with Gasteiger partial charge in [-0.1, -0.05) is 30.3 Å². The van der Waals surface area contributed by atoms with Crippen molar-refractivity contribution in [3.8, 4) is 0 Å². The van der Waals surface area contributed by atoms with Crippen LogP contribution in [-0.2, 0) is 6.54 Å². The van der Waals surface area contributed by atoms with Crippen LogP contribution in [0.1, 0.15) is 11.1 Å². The van der Waals surface area contributed by atoms with Crippen molar-refractivity contribution in [2.24, 2.45) is 5.10 Å². The van der Waals surface area contributed by atoms with E-state index < -0.39 is 0 Å². The molecule has 0 atom stereocenters. The highest BCUT2D eigenvalue weighted by Crippen LogP contribution is 2.08. The molecule has 0 spiro atoms. The van der Waals surface area contributed by atoms with E-state index in [1.807, 2.05) is 18.3 Å². The lowest BCUT2D eigenvalue weighted by atomic mass is 10.2. The summed E-state index contributed by atoms with van der Waals surface area (Å²) in [5, 5.41) is 6.69. The molecule has 0 unspecified atom stereocenters. The first-order valence-electron chi connectivity index (χ1n) is 7.35. The Morgan fingerprint density at radius 3 is 2.38 bits per heavy atom. The van der Waals surface area contributed by atoms with E-state index in [4.69, 9.17) is 0 Å². The van der Waals surface area contributed by atoms with Crippen LogP contribution >= 0.6 is 0 Å². The van der Waals surface area contributed by atoms with E-state index in [9.17, 15) is 0 Å². The van der Waals surface area contributed by atoms with Crippen LogP contribution in [-0.4, -0.2) is 47.3 Å². The number of rotatable bonds is 4. The van der Waals surface area contributed by atoms with Crippen molar-refractivity contribution in [3.63, 3.8) is 0 Å². The molecule has 21 heavy (non-hydrogen) atoms. The van der Waals surface area contributed by atoms with Gasteiger partial charge in [-0.15, -0.1) is 0 Å². The second-order valence-corrected chi connectivity index (χ2v) is 5.24. The Morgan fingerprint density at radius 1 is 0.952 bits per heavy atom. The number of nitrogens with zero attached hydrogens (tertiary/aromatic N) is 4. The summed E-state index contributed by atoms with van der Waals surface area (Å²) in [7, 11) is 0. The Kier molecular flexibility index (Phi) is 4.59. The second kappa shape index (κ2) is 6.99. The maximum absolute atomic E-state index is 4.55. The van der Waals surface area contributed by atoms with Gasteiger partial charge in [-0.3, -0.25) is 14.9 Å².